The lowest BCUT2D eigenvalue weighted by Crippen LogP contribution is -2.42. The van der Waals surface area contributed by atoms with Gasteiger partial charge in [0.25, 0.3) is 0 Å². The van der Waals surface area contributed by atoms with E-state index in [1.165, 1.54) is 82.8 Å². The van der Waals surface area contributed by atoms with Crippen LogP contribution in [0.4, 0.5) is 4.39 Å². The Morgan fingerprint density at radius 3 is 1.84 bits per heavy atom. The molecule has 1 aliphatic heterocycles. The minimum absolute atomic E-state index is 0.0123. The number of aliphatic hydroxyl groups excluding tert-OH is 2. The Morgan fingerprint density at radius 1 is 0.878 bits per heavy atom. The fourth-order valence-electron chi connectivity index (χ4n) is 4.53. The number of halogens is 1. The van der Waals surface area contributed by atoms with Gasteiger partial charge in [0.2, 0.25) is 0 Å². The summed E-state index contributed by atoms with van der Waals surface area (Å²) in [7, 11) is -8.21. The third-order valence-corrected chi connectivity index (χ3v) is 11.1. The van der Waals surface area contributed by atoms with E-state index in [2.05, 4.69) is 61.0 Å². The zero-order chi connectivity index (χ0) is 37.4. The second kappa shape index (κ2) is 21.8. The minimum Gasteiger partial charge on any atom is -0.389 e. The van der Waals surface area contributed by atoms with E-state index in [0.29, 0.717) is 5.56 Å². The van der Waals surface area contributed by atoms with Crippen LogP contribution in [0.5, 0.6) is 0 Å². The molecular weight excluding hydrogens is 687 g/mol. The number of hydrogen-bond acceptors (Lipinski definition) is 11. The number of aliphatic hydroxyl groups is 2. The maximum absolute atomic E-state index is 13.0. The fraction of sp³-hybridized carbons (Fsp3) is 0.667. The predicted octanol–water partition coefficient (Wildman–Crippen LogP) is 2.01. The first-order chi connectivity index (χ1) is 23.0. The molecule has 1 unspecified atom stereocenters. The first kappa shape index (κ1) is 44.8. The summed E-state index contributed by atoms with van der Waals surface area (Å²) in [6.07, 6.45) is -4.86. The Bertz CT molecular complexity index is 1440. The molecule has 19 heteroatoms. The fourth-order valence-corrected chi connectivity index (χ4v) is 7.10. The van der Waals surface area contributed by atoms with Crippen molar-refractivity contribution in [3.05, 3.63) is 63.9 Å². The van der Waals surface area contributed by atoms with Gasteiger partial charge in [-0.3, -0.25) is 18.3 Å². The lowest BCUT2D eigenvalue weighted by Gasteiger charge is -2.19. The van der Waals surface area contributed by atoms with E-state index < -0.39 is 63.7 Å². The molecule has 0 aliphatic carbocycles. The van der Waals surface area contributed by atoms with Crippen LogP contribution in [0.3, 0.4) is 0 Å². The van der Waals surface area contributed by atoms with Crippen molar-refractivity contribution in [3.8, 4) is 0 Å². The van der Waals surface area contributed by atoms with Crippen molar-refractivity contribution in [1.82, 2.24) is 18.9 Å². The van der Waals surface area contributed by atoms with E-state index in [9.17, 15) is 33.4 Å². The number of nitrogens with zero attached hydrogens (tertiary/aromatic N) is 5. The molecule has 282 valence electrons. The van der Waals surface area contributed by atoms with Gasteiger partial charge in [-0.05, 0) is 57.0 Å². The number of ether oxygens (including phenoxy) is 1. The molecule has 3 rings (SSSR count). The van der Waals surface area contributed by atoms with Gasteiger partial charge in [-0.15, -0.1) is 0 Å². The number of aromatic nitrogens is 2. The molecule has 5 N–H and O–H groups in total. The molecule has 1 saturated heterocycles. The van der Waals surface area contributed by atoms with Gasteiger partial charge in [-0.1, -0.05) is 58.8 Å². The van der Waals surface area contributed by atoms with Gasteiger partial charge in [0.05, 0.1) is 6.61 Å². The van der Waals surface area contributed by atoms with Crippen molar-refractivity contribution in [2.45, 2.75) is 72.7 Å². The van der Waals surface area contributed by atoms with Gasteiger partial charge >= 0.3 is 20.9 Å². The summed E-state index contributed by atoms with van der Waals surface area (Å²) >= 11 is 0. The average Bonchev–Trinajstić information content (AvgIpc) is 3.33. The van der Waals surface area contributed by atoms with E-state index in [1.54, 1.807) is 0 Å². The van der Waals surface area contributed by atoms with Gasteiger partial charge in [-0.2, -0.15) is 0 Å². The predicted molar refractivity (Wildman–Crippen MR) is 182 cm³/mol. The smallest absolute Gasteiger partial charge is 0.340 e. The highest BCUT2D eigenvalue weighted by Crippen LogP contribution is 2.55. The molecule has 2 aromatic rings. The van der Waals surface area contributed by atoms with E-state index >= 15 is 0 Å². The minimum atomic E-state index is -4.85. The Balaban J connectivity index is 0.000000717. The normalized spacial score (nSPS) is 20.8. The Kier molecular flexibility index (Phi) is 19.9. The zero-order valence-corrected chi connectivity index (χ0v) is 31.1. The lowest BCUT2D eigenvalue weighted by atomic mass is 10.1. The molecule has 0 saturated carbocycles. The summed E-state index contributed by atoms with van der Waals surface area (Å²) < 4.78 is 47.8. The Morgan fingerprint density at radius 2 is 1.39 bits per heavy atom. The molecule has 0 spiro atoms. The van der Waals surface area contributed by atoms with Gasteiger partial charge in [-0.25, -0.2) is 9.18 Å². The quantitative estimate of drug-likeness (QED) is 0.131. The highest BCUT2D eigenvalue weighted by Gasteiger charge is 2.45. The average molecular weight is 742 g/mol. The zero-order valence-electron chi connectivity index (χ0n) is 29.3. The maximum atomic E-state index is 13.0. The Hall–Kier alpha value is -2.27. The molecule has 0 amide bonds. The van der Waals surface area contributed by atoms with Crippen molar-refractivity contribution in [1.29, 1.82) is 0 Å². The van der Waals surface area contributed by atoms with Gasteiger partial charge in [0.15, 0.2) is 17.6 Å². The van der Waals surface area contributed by atoms with Crippen LogP contribution in [0.1, 0.15) is 53.3 Å². The van der Waals surface area contributed by atoms with Crippen LogP contribution >= 0.6 is 15.2 Å². The first-order valence-corrected chi connectivity index (χ1v) is 19.7. The molecule has 0 bridgehead atoms. The second-order valence-electron chi connectivity index (χ2n) is 10.9. The first-order valence-electron chi connectivity index (χ1n) is 16.1. The standard InChI is InChI=1S/C18H24FN3O11P2.2C6H15N/c1-21-14(20-31-8-11-2-4-12(19)5-3-11)6-7-22(18(21)25)17-16(24)15(23)13(33-17)9-32-35(29,30)10-34(26,27)28;2*1-4-7(5-2)6-3/h2-7,13,15-17,23-24H,8-10H2,1H3,(H,29,30)(H2,26,27,28);2*4-6H2,1-3H3/b20-14-;;/t13-,15-,16-,17-;;/m1../s1. The molecular formula is C30H54FN5O11P2. The van der Waals surface area contributed by atoms with Crippen molar-refractivity contribution in [3.63, 3.8) is 0 Å². The molecule has 16 nitrogen and oxygen atoms in total. The summed E-state index contributed by atoms with van der Waals surface area (Å²) in [5.41, 5.74) is 0.0211. The van der Waals surface area contributed by atoms with Crippen LogP contribution in [0.15, 0.2) is 46.5 Å². The highest BCUT2D eigenvalue weighted by molar-refractivity contribution is 7.70. The van der Waals surface area contributed by atoms with Crippen LogP contribution in [-0.2, 0) is 36.9 Å². The van der Waals surface area contributed by atoms with Crippen molar-refractivity contribution in [2.75, 3.05) is 51.8 Å². The molecule has 0 radical (unpaired) electrons. The van der Waals surface area contributed by atoms with E-state index in [4.69, 9.17) is 19.4 Å². The monoisotopic (exact) mass is 741 g/mol. The SMILES string of the molecule is CCN(CC)CC.CCN(CC)CC.Cn1c(=O)n([C@@H]2O[C@H](COP(=O)(O)CP(=O)(O)O)[C@@H](O)[C@H]2O)cc/c1=N/OCc1ccc(F)cc1. The molecule has 5 atom stereocenters. The molecule has 49 heavy (non-hydrogen) atoms. The van der Waals surface area contributed by atoms with Crippen molar-refractivity contribution >= 4 is 15.2 Å². The van der Waals surface area contributed by atoms with Crippen LogP contribution in [-0.4, -0.2) is 114 Å². The van der Waals surface area contributed by atoms with E-state index in [1.807, 2.05) is 0 Å². The van der Waals surface area contributed by atoms with Crippen LogP contribution in [0.25, 0.3) is 0 Å². The van der Waals surface area contributed by atoms with Gasteiger partial charge in [0, 0.05) is 19.3 Å². The Labute approximate surface area is 287 Å². The molecule has 2 heterocycles. The summed E-state index contributed by atoms with van der Waals surface area (Å²) in [4.78, 5) is 49.9. The number of hydrogen-bond donors (Lipinski definition) is 5. The summed E-state index contributed by atoms with van der Waals surface area (Å²) in [6.45, 7) is 19.5. The van der Waals surface area contributed by atoms with Gasteiger partial charge < -0.3 is 48.8 Å². The van der Waals surface area contributed by atoms with Crippen LogP contribution in [0, 0.1) is 5.82 Å². The summed E-state index contributed by atoms with van der Waals surface area (Å²) in [5.74, 6) is -1.83. The summed E-state index contributed by atoms with van der Waals surface area (Å²) in [6, 6.07) is 6.90. The van der Waals surface area contributed by atoms with Crippen LogP contribution in [0.2, 0.25) is 0 Å². The summed E-state index contributed by atoms with van der Waals surface area (Å²) in [5, 5.41) is 24.4. The third kappa shape index (κ3) is 15.7. The second-order valence-corrected chi connectivity index (χ2v) is 14.9. The van der Waals surface area contributed by atoms with Crippen molar-refractivity contribution < 1.29 is 52.5 Å². The maximum Gasteiger partial charge on any atom is 0.340 e. The highest BCUT2D eigenvalue weighted by atomic mass is 31.2. The topological polar surface area (TPSA) is 209 Å². The lowest BCUT2D eigenvalue weighted by molar-refractivity contribution is -0.0530. The third-order valence-electron chi connectivity index (χ3n) is 7.64. The number of benzene rings is 1. The largest absolute Gasteiger partial charge is 0.389 e. The molecule has 1 aromatic heterocycles. The number of rotatable bonds is 15. The van der Waals surface area contributed by atoms with E-state index in [0.717, 1.165) is 9.13 Å². The molecule has 1 aliphatic rings. The van der Waals surface area contributed by atoms with E-state index in [-0.39, 0.29) is 12.1 Å². The van der Waals surface area contributed by atoms with Crippen LogP contribution < -0.4 is 11.2 Å². The van der Waals surface area contributed by atoms with Gasteiger partial charge in [0.1, 0.15) is 30.7 Å². The molecule has 1 aromatic carbocycles. The van der Waals surface area contributed by atoms with Crippen molar-refractivity contribution in [2.24, 2.45) is 12.2 Å². The molecule has 1 fully saturated rings.